The number of methoxy groups -OCH3 is 1. The fraction of sp³-hybridized carbons (Fsp3) is 0.158. The second-order valence-electron chi connectivity index (χ2n) is 6.17. The largest absolute Gasteiger partial charge is 0.495 e. The third-order valence-corrected chi connectivity index (χ3v) is 4.55. The van der Waals surface area contributed by atoms with Gasteiger partial charge in [0.25, 0.3) is 0 Å². The van der Waals surface area contributed by atoms with Crippen LogP contribution in [0, 0.1) is 0 Å². The first-order valence-corrected chi connectivity index (χ1v) is 8.89. The minimum Gasteiger partial charge on any atom is -0.495 e. The van der Waals surface area contributed by atoms with Gasteiger partial charge in [-0.15, -0.1) is 5.10 Å². The van der Waals surface area contributed by atoms with Crippen LogP contribution < -0.4 is 15.4 Å². The van der Waals surface area contributed by atoms with Crippen LogP contribution in [-0.4, -0.2) is 33.7 Å². The number of benzene rings is 2. The van der Waals surface area contributed by atoms with Crippen molar-refractivity contribution in [1.82, 2.24) is 14.8 Å². The van der Waals surface area contributed by atoms with E-state index in [1.165, 1.54) is 11.8 Å². The molecule has 1 aliphatic heterocycles. The van der Waals surface area contributed by atoms with Crippen LogP contribution in [0.5, 0.6) is 5.75 Å². The Bertz CT molecular complexity index is 1050. The van der Waals surface area contributed by atoms with Gasteiger partial charge in [0.2, 0.25) is 17.8 Å². The predicted molar refractivity (Wildman–Crippen MR) is 104 cm³/mol. The standard InChI is InChI=1S/C19H16ClN5O3/c1-28-15-8-7-12(20)9-13(15)21-18(27)14-10-16(26)22-19-23-17(24-25(14)19)11-5-3-2-4-6-11/h2-9,14H,10H2,1H3,(H,21,27)(H,22,23,24,26)/t14-/m0/s1. The number of ether oxygens (including phenoxy) is 1. The van der Waals surface area contributed by atoms with Crippen molar-refractivity contribution in [3.05, 3.63) is 53.6 Å². The third kappa shape index (κ3) is 3.41. The van der Waals surface area contributed by atoms with E-state index in [-0.39, 0.29) is 18.3 Å². The van der Waals surface area contributed by atoms with E-state index in [2.05, 4.69) is 20.7 Å². The highest BCUT2D eigenvalue weighted by atomic mass is 35.5. The Morgan fingerprint density at radius 3 is 2.82 bits per heavy atom. The van der Waals surface area contributed by atoms with E-state index in [1.54, 1.807) is 18.2 Å². The molecule has 28 heavy (non-hydrogen) atoms. The average molecular weight is 398 g/mol. The number of nitrogens with one attached hydrogen (secondary N) is 2. The number of aromatic nitrogens is 3. The van der Waals surface area contributed by atoms with Crippen LogP contribution in [0.2, 0.25) is 5.02 Å². The van der Waals surface area contributed by atoms with Crippen molar-refractivity contribution < 1.29 is 14.3 Å². The molecular formula is C19H16ClN5O3. The van der Waals surface area contributed by atoms with Gasteiger partial charge in [-0.3, -0.25) is 14.9 Å². The van der Waals surface area contributed by atoms with Gasteiger partial charge in [0.15, 0.2) is 5.82 Å². The molecule has 0 spiro atoms. The topological polar surface area (TPSA) is 98.1 Å². The van der Waals surface area contributed by atoms with Crippen molar-refractivity contribution in [2.75, 3.05) is 17.7 Å². The molecule has 2 heterocycles. The summed E-state index contributed by atoms with van der Waals surface area (Å²) in [6.07, 6.45) is -0.0562. The summed E-state index contributed by atoms with van der Waals surface area (Å²) >= 11 is 6.02. The van der Waals surface area contributed by atoms with Gasteiger partial charge in [0.05, 0.1) is 19.2 Å². The first-order valence-electron chi connectivity index (χ1n) is 8.51. The highest BCUT2D eigenvalue weighted by molar-refractivity contribution is 6.31. The molecule has 0 saturated carbocycles. The molecule has 0 radical (unpaired) electrons. The molecule has 3 aromatic rings. The highest BCUT2D eigenvalue weighted by Gasteiger charge is 2.33. The SMILES string of the molecule is COc1ccc(Cl)cc1NC(=O)[C@@H]1CC(=O)Nc2nc(-c3ccccc3)nn21. The lowest BCUT2D eigenvalue weighted by atomic mass is 10.1. The maximum absolute atomic E-state index is 12.9. The van der Waals surface area contributed by atoms with Crippen LogP contribution in [0.1, 0.15) is 12.5 Å². The number of carbonyl (C=O) groups excluding carboxylic acids is 2. The van der Waals surface area contributed by atoms with E-state index in [4.69, 9.17) is 16.3 Å². The molecule has 0 aliphatic carbocycles. The van der Waals surface area contributed by atoms with Crippen molar-refractivity contribution in [3.63, 3.8) is 0 Å². The van der Waals surface area contributed by atoms with Crippen LogP contribution in [0.4, 0.5) is 11.6 Å². The lowest BCUT2D eigenvalue weighted by molar-refractivity contribution is -0.125. The zero-order valence-corrected chi connectivity index (χ0v) is 15.6. The van der Waals surface area contributed by atoms with Crippen molar-refractivity contribution in [3.8, 4) is 17.1 Å². The molecule has 0 saturated heterocycles. The molecule has 8 nitrogen and oxygen atoms in total. The average Bonchev–Trinajstić information content (AvgIpc) is 3.12. The summed E-state index contributed by atoms with van der Waals surface area (Å²) in [4.78, 5) is 29.4. The van der Waals surface area contributed by atoms with Crippen molar-refractivity contribution in [1.29, 1.82) is 0 Å². The second kappa shape index (κ2) is 7.32. The smallest absolute Gasteiger partial charge is 0.250 e. The van der Waals surface area contributed by atoms with Crippen molar-refractivity contribution >= 4 is 35.1 Å². The lowest BCUT2D eigenvalue weighted by Gasteiger charge is -2.22. The molecule has 1 aliphatic rings. The van der Waals surface area contributed by atoms with E-state index in [1.807, 2.05) is 30.3 Å². The van der Waals surface area contributed by atoms with Gasteiger partial charge < -0.3 is 10.1 Å². The third-order valence-electron chi connectivity index (χ3n) is 4.31. The van der Waals surface area contributed by atoms with Gasteiger partial charge in [-0.1, -0.05) is 41.9 Å². The molecule has 0 bridgehead atoms. The normalized spacial score (nSPS) is 15.5. The van der Waals surface area contributed by atoms with E-state index >= 15 is 0 Å². The maximum Gasteiger partial charge on any atom is 0.250 e. The molecular weight excluding hydrogens is 382 g/mol. The Morgan fingerprint density at radius 1 is 1.29 bits per heavy atom. The summed E-state index contributed by atoms with van der Waals surface area (Å²) in [5.74, 6) is 0.393. The van der Waals surface area contributed by atoms with E-state index in [0.717, 1.165) is 5.56 Å². The van der Waals surface area contributed by atoms with Gasteiger partial charge >= 0.3 is 0 Å². The molecule has 2 aromatic carbocycles. The number of halogens is 1. The van der Waals surface area contributed by atoms with Gasteiger partial charge in [-0.25, -0.2) is 4.68 Å². The summed E-state index contributed by atoms with van der Waals surface area (Å²) < 4.78 is 6.68. The number of amides is 2. The predicted octanol–water partition coefficient (Wildman–Crippen LogP) is 3.13. The van der Waals surface area contributed by atoms with Gasteiger partial charge in [-0.05, 0) is 18.2 Å². The van der Waals surface area contributed by atoms with Crippen molar-refractivity contribution in [2.45, 2.75) is 12.5 Å². The molecule has 142 valence electrons. The Hall–Kier alpha value is -3.39. The molecule has 0 unspecified atom stereocenters. The monoisotopic (exact) mass is 397 g/mol. The number of rotatable bonds is 4. The highest BCUT2D eigenvalue weighted by Crippen LogP contribution is 2.31. The lowest BCUT2D eigenvalue weighted by Crippen LogP contribution is -2.36. The Morgan fingerprint density at radius 2 is 2.07 bits per heavy atom. The first-order chi connectivity index (χ1) is 13.5. The van der Waals surface area contributed by atoms with Crippen LogP contribution in [0.15, 0.2) is 48.5 Å². The number of hydrogen-bond acceptors (Lipinski definition) is 5. The zero-order valence-electron chi connectivity index (χ0n) is 14.8. The second-order valence-corrected chi connectivity index (χ2v) is 6.61. The quantitative estimate of drug-likeness (QED) is 0.704. The fourth-order valence-electron chi connectivity index (χ4n) is 2.97. The minimum atomic E-state index is -0.850. The van der Waals surface area contributed by atoms with Gasteiger partial charge in [0.1, 0.15) is 11.8 Å². The Labute approximate surface area is 165 Å². The number of nitrogens with zero attached hydrogens (tertiary/aromatic N) is 3. The molecule has 9 heteroatoms. The summed E-state index contributed by atoms with van der Waals surface area (Å²) in [5.41, 5.74) is 1.20. The molecule has 2 amide bonds. The van der Waals surface area contributed by atoms with Crippen LogP contribution in [-0.2, 0) is 9.59 Å². The van der Waals surface area contributed by atoms with Crippen LogP contribution in [0.25, 0.3) is 11.4 Å². The first kappa shape index (κ1) is 18.0. The summed E-state index contributed by atoms with van der Waals surface area (Å²) in [6.45, 7) is 0. The van der Waals surface area contributed by atoms with Crippen LogP contribution >= 0.6 is 11.6 Å². The zero-order chi connectivity index (χ0) is 19.7. The van der Waals surface area contributed by atoms with E-state index < -0.39 is 11.9 Å². The molecule has 0 fully saturated rings. The summed E-state index contributed by atoms with van der Waals surface area (Å²) in [5, 5.41) is 10.3. The van der Waals surface area contributed by atoms with E-state index in [0.29, 0.717) is 22.3 Å². The van der Waals surface area contributed by atoms with Crippen molar-refractivity contribution in [2.24, 2.45) is 0 Å². The van der Waals surface area contributed by atoms with Crippen LogP contribution in [0.3, 0.4) is 0 Å². The minimum absolute atomic E-state index is 0.0562. The maximum atomic E-state index is 12.9. The summed E-state index contributed by atoms with van der Waals surface area (Å²) in [7, 11) is 1.49. The Kier molecular flexibility index (Phi) is 4.70. The van der Waals surface area contributed by atoms with Gasteiger partial charge in [-0.2, -0.15) is 4.98 Å². The summed E-state index contributed by atoms with van der Waals surface area (Å²) in [6, 6.07) is 13.4. The number of hydrogen-bond donors (Lipinski definition) is 2. The molecule has 2 N–H and O–H groups in total. The molecule has 1 aromatic heterocycles. The number of fused-ring (bicyclic) bond motifs is 1. The Balaban J connectivity index is 1.66. The number of anilines is 2. The molecule has 4 rings (SSSR count). The van der Waals surface area contributed by atoms with Gasteiger partial charge in [0, 0.05) is 10.6 Å². The van der Waals surface area contributed by atoms with E-state index in [9.17, 15) is 9.59 Å². The number of carbonyl (C=O) groups is 2. The molecule has 1 atom stereocenters. The fourth-order valence-corrected chi connectivity index (χ4v) is 3.14.